The molecule has 42 heavy (non-hydrogen) atoms. The summed E-state index contributed by atoms with van der Waals surface area (Å²) in [6.07, 6.45) is 13.6. The normalized spacial score (nSPS) is 15.6. The number of aliphatic imine (C=N–C) groups is 2. The Morgan fingerprint density at radius 3 is 2.12 bits per heavy atom. The summed E-state index contributed by atoms with van der Waals surface area (Å²) in [5, 5.41) is 5.43. The summed E-state index contributed by atoms with van der Waals surface area (Å²) in [7, 11) is 0. The SMILES string of the molecule is NC(=O)[C@H](CCCN=C(N)N)NC(=O)[C@H](Cc1cncn1CCCC1CCCCC1)NC(=O)[C@@H](N)CCCN=C(N)N. The minimum Gasteiger partial charge on any atom is -0.370 e. The molecule has 1 aromatic rings. The molecule has 0 aliphatic heterocycles. The molecule has 1 heterocycles. The number of amides is 3. The van der Waals surface area contributed by atoms with Crippen molar-refractivity contribution in [2.75, 3.05) is 13.1 Å². The van der Waals surface area contributed by atoms with E-state index < -0.39 is 35.8 Å². The summed E-state index contributed by atoms with van der Waals surface area (Å²) >= 11 is 0. The maximum atomic E-state index is 13.4. The van der Waals surface area contributed by atoms with Gasteiger partial charge in [0.15, 0.2) is 11.9 Å². The zero-order valence-electron chi connectivity index (χ0n) is 24.5. The number of carbonyl (C=O) groups excluding carboxylic acids is 3. The summed E-state index contributed by atoms with van der Waals surface area (Å²) < 4.78 is 2.01. The van der Waals surface area contributed by atoms with Gasteiger partial charge in [0.25, 0.3) is 0 Å². The quantitative estimate of drug-likeness (QED) is 0.0538. The molecule has 1 fully saturated rings. The summed E-state index contributed by atoms with van der Waals surface area (Å²) in [6, 6.07) is -2.88. The molecular formula is C27H50N12O3. The van der Waals surface area contributed by atoms with Gasteiger partial charge in [-0.3, -0.25) is 24.4 Å². The fourth-order valence-corrected chi connectivity index (χ4v) is 5.15. The zero-order valence-corrected chi connectivity index (χ0v) is 24.5. The highest BCUT2D eigenvalue weighted by molar-refractivity contribution is 5.92. The van der Waals surface area contributed by atoms with Crippen LogP contribution in [0.5, 0.6) is 0 Å². The van der Waals surface area contributed by atoms with Crippen LogP contribution in [0.15, 0.2) is 22.5 Å². The van der Waals surface area contributed by atoms with Gasteiger partial charge in [-0.05, 0) is 44.4 Å². The van der Waals surface area contributed by atoms with Gasteiger partial charge in [-0.15, -0.1) is 0 Å². The molecular weight excluding hydrogens is 540 g/mol. The Balaban J connectivity index is 2.09. The molecule has 3 amide bonds. The molecule has 0 bridgehead atoms. The lowest BCUT2D eigenvalue weighted by Crippen LogP contribution is -2.56. The van der Waals surface area contributed by atoms with Gasteiger partial charge in [0.2, 0.25) is 17.7 Å². The van der Waals surface area contributed by atoms with E-state index in [4.69, 9.17) is 34.4 Å². The van der Waals surface area contributed by atoms with Crippen LogP contribution in [-0.2, 0) is 27.3 Å². The number of nitrogens with one attached hydrogen (secondary N) is 2. The molecule has 1 aliphatic rings. The fourth-order valence-electron chi connectivity index (χ4n) is 5.15. The van der Waals surface area contributed by atoms with Crippen LogP contribution in [0.3, 0.4) is 0 Å². The number of imidazole rings is 1. The van der Waals surface area contributed by atoms with Gasteiger partial charge in [0, 0.05) is 37.9 Å². The lowest BCUT2D eigenvalue weighted by Gasteiger charge is -2.24. The van der Waals surface area contributed by atoms with Crippen molar-refractivity contribution >= 4 is 29.6 Å². The number of hydrogen-bond donors (Lipinski definition) is 8. The highest BCUT2D eigenvalue weighted by Gasteiger charge is 2.28. The number of nitrogens with zero attached hydrogens (tertiary/aromatic N) is 4. The largest absolute Gasteiger partial charge is 0.370 e. The first-order valence-electron chi connectivity index (χ1n) is 14.8. The van der Waals surface area contributed by atoms with Crippen molar-refractivity contribution in [2.45, 2.75) is 102 Å². The van der Waals surface area contributed by atoms with Gasteiger partial charge >= 0.3 is 0 Å². The van der Waals surface area contributed by atoms with E-state index in [9.17, 15) is 14.4 Å². The van der Waals surface area contributed by atoms with Crippen molar-refractivity contribution in [3.63, 3.8) is 0 Å². The predicted molar refractivity (Wildman–Crippen MR) is 163 cm³/mol. The summed E-state index contributed by atoms with van der Waals surface area (Å²) in [4.78, 5) is 50.6. The number of rotatable bonds is 19. The highest BCUT2D eigenvalue weighted by Crippen LogP contribution is 2.27. The van der Waals surface area contributed by atoms with E-state index in [0.29, 0.717) is 25.8 Å². The van der Waals surface area contributed by atoms with E-state index in [0.717, 1.165) is 31.0 Å². The van der Waals surface area contributed by atoms with Crippen molar-refractivity contribution in [2.24, 2.45) is 50.3 Å². The maximum absolute atomic E-state index is 13.4. The lowest BCUT2D eigenvalue weighted by atomic mass is 9.86. The molecule has 2 rings (SSSR count). The van der Waals surface area contributed by atoms with Crippen LogP contribution in [-0.4, -0.2) is 70.4 Å². The number of aryl methyl sites for hydroxylation is 1. The molecule has 0 aromatic carbocycles. The second kappa shape index (κ2) is 18.5. The smallest absolute Gasteiger partial charge is 0.243 e. The van der Waals surface area contributed by atoms with Crippen molar-refractivity contribution in [1.82, 2.24) is 20.2 Å². The molecule has 1 saturated carbocycles. The lowest BCUT2D eigenvalue weighted by molar-refractivity contribution is -0.131. The molecule has 1 aromatic heterocycles. The predicted octanol–water partition coefficient (Wildman–Crippen LogP) is -1.32. The number of nitrogens with two attached hydrogens (primary N) is 6. The van der Waals surface area contributed by atoms with Crippen molar-refractivity contribution in [1.29, 1.82) is 0 Å². The third-order valence-corrected chi connectivity index (χ3v) is 7.49. The van der Waals surface area contributed by atoms with Gasteiger partial charge < -0.3 is 49.6 Å². The maximum Gasteiger partial charge on any atom is 0.243 e. The number of aromatic nitrogens is 2. The minimum atomic E-state index is -1.02. The molecule has 0 spiro atoms. The molecule has 3 atom stereocenters. The van der Waals surface area contributed by atoms with Gasteiger partial charge in [-0.25, -0.2) is 4.98 Å². The minimum absolute atomic E-state index is 0.0394. The molecule has 236 valence electrons. The van der Waals surface area contributed by atoms with E-state index in [1.54, 1.807) is 12.5 Å². The number of guanidine groups is 2. The average Bonchev–Trinajstić information content (AvgIpc) is 3.38. The molecule has 15 nitrogen and oxygen atoms in total. The van der Waals surface area contributed by atoms with E-state index in [1.165, 1.54) is 32.1 Å². The van der Waals surface area contributed by atoms with Gasteiger partial charge in [0.1, 0.15) is 12.1 Å². The fraction of sp³-hybridized carbons (Fsp3) is 0.704. The second-order valence-corrected chi connectivity index (χ2v) is 11.0. The first-order chi connectivity index (χ1) is 20.1. The van der Waals surface area contributed by atoms with E-state index >= 15 is 0 Å². The van der Waals surface area contributed by atoms with E-state index in [-0.39, 0.29) is 31.3 Å². The van der Waals surface area contributed by atoms with Crippen LogP contribution < -0.4 is 45.0 Å². The van der Waals surface area contributed by atoms with Crippen molar-refractivity contribution in [3.8, 4) is 0 Å². The molecule has 0 unspecified atom stereocenters. The topological polar surface area (TPSA) is 274 Å². The molecule has 1 aliphatic carbocycles. The summed E-state index contributed by atoms with van der Waals surface area (Å²) in [5.41, 5.74) is 33.8. The Hall–Kier alpha value is -3.88. The number of carbonyl (C=O) groups is 3. The average molecular weight is 591 g/mol. The van der Waals surface area contributed by atoms with Crippen LogP contribution in [0.1, 0.15) is 76.3 Å². The van der Waals surface area contributed by atoms with Crippen LogP contribution in [0.4, 0.5) is 0 Å². The number of primary amides is 1. The standard InChI is InChI=1S/C27H50N12O3/c28-20(10-4-12-35-26(30)31)24(41)38-22(25(42)37-21(23(29)40)11-5-13-36-27(32)33)15-19-16-34-17-39(19)14-6-9-18-7-2-1-3-8-18/h16-18,20-22H,1-15,28H2,(H2,29,40)(H,37,42)(H,38,41)(H4,30,31,35)(H4,32,33,36)/t20-,21-,22-/m0/s1. The van der Waals surface area contributed by atoms with Crippen LogP contribution >= 0.6 is 0 Å². The molecule has 15 heteroatoms. The molecule has 0 radical (unpaired) electrons. The zero-order chi connectivity index (χ0) is 30.9. The monoisotopic (exact) mass is 590 g/mol. The van der Waals surface area contributed by atoms with Crippen molar-refractivity contribution < 1.29 is 14.4 Å². The summed E-state index contributed by atoms with van der Waals surface area (Å²) in [6.45, 7) is 1.36. The Labute approximate surface area is 247 Å². The Kier molecular flexibility index (Phi) is 15.1. The Morgan fingerprint density at radius 2 is 1.50 bits per heavy atom. The van der Waals surface area contributed by atoms with Gasteiger partial charge in [-0.1, -0.05) is 32.1 Å². The van der Waals surface area contributed by atoms with Gasteiger partial charge in [-0.2, -0.15) is 0 Å². The third kappa shape index (κ3) is 13.2. The van der Waals surface area contributed by atoms with Crippen LogP contribution in [0.2, 0.25) is 0 Å². The summed E-state index contributed by atoms with van der Waals surface area (Å²) in [5.74, 6) is -1.12. The molecule has 0 saturated heterocycles. The van der Waals surface area contributed by atoms with Crippen molar-refractivity contribution in [3.05, 3.63) is 18.2 Å². The second-order valence-electron chi connectivity index (χ2n) is 11.0. The van der Waals surface area contributed by atoms with E-state index in [2.05, 4.69) is 25.6 Å². The number of hydrogen-bond acceptors (Lipinski definition) is 7. The third-order valence-electron chi connectivity index (χ3n) is 7.49. The van der Waals surface area contributed by atoms with Gasteiger partial charge in [0.05, 0.1) is 12.4 Å². The Bertz CT molecular complexity index is 1040. The van der Waals surface area contributed by atoms with Crippen LogP contribution in [0.25, 0.3) is 0 Å². The highest BCUT2D eigenvalue weighted by atomic mass is 16.2. The van der Waals surface area contributed by atoms with Crippen LogP contribution in [0, 0.1) is 5.92 Å². The first-order valence-corrected chi connectivity index (χ1v) is 14.8. The Morgan fingerprint density at radius 1 is 0.881 bits per heavy atom. The van der Waals surface area contributed by atoms with E-state index in [1.807, 2.05) is 4.57 Å². The first kappa shape index (κ1) is 34.3. The molecule has 14 N–H and O–H groups in total.